The Hall–Kier alpha value is -1.12. The highest BCUT2D eigenvalue weighted by Crippen LogP contribution is 2.28. The van der Waals surface area contributed by atoms with Gasteiger partial charge in [0.1, 0.15) is 5.75 Å². The predicted octanol–water partition coefficient (Wildman–Crippen LogP) is -0.401. The normalized spacial score (nSPS) is 15.6. The third-order valence-corrected chi connectivity index (χ3v) is 6.11. The van der Waals surface area contributed by atoms with E-state index in [4.69, 9.17) is 4.74 Å². The first kappa shape index (κ1) is 11.4. The Balaban J connectivity index is 2.60. The van der Waals surface area contributed by atoms with Gasteiger partial charge in [-0.3, -0.25) is 0 Å². The monoisotopic (exact) mass is 263 g/mol. The second-order valence-electron chi connectivity index (χ2n) is 3.31. The summed E-state index contributed by atoms with van der Waals surface area (Å²) in [6.07, 6.45) is 0.559. The fourth-order valence-corrected chi connectivity index (χ4v) is 3.36. The van der Waals surface area contributed by atoms with Gasteiger partial charge in [-0.05, 0) is 23.8 Å². The Bertz CT molecular complexity index is 632. The van der Waals surface area contributed by atoms with E-state index in [1.54, 1.807) is 0 Å². The first-order valence-electron chi connectivity index (χ1n) is 4.36. The summed E-state index contributed by atoms with van der Waals surface area (Å²) >= 11 is 0. The zero-order valence-corrected chi connectivity index (χ0v) is 9.71. The van der Waals surface area contributed by atoms with Crippen LogP contribution in [-0.2, 0) is 24.3 Å². The SMILES string of the molecule is NS(=O)(=O)S(=O)(=O)c1ccc2c(c1)CCO2. The van der Waals surface area contributed by atoms with Crippen LogP contribution < -0.4 is 9.88 Å². The van der Waals surface area contributed by atoms with E-state index in [9.17, 15) is 16.8 Å². The smallest absolute Gasteiger partial charge is 0.319 e. The van der Waals surface area contributed by atoms with Crippen molar-refractivity contribution in [1.82, 2.24) is 0 Å². The summed E-state index contributed by atoms with van der Waals surface area (Å²) < 4.78 is 50.0. The Morgan fingerprint density at radius 1 is 1.19 bits per heavy atom. The summed E-state index contributed by atoms with van der Waals surface area (Å²) in [7, 11) is -9.14. The third kappa shape index (κ3) is 1.68. The standard InChI is InChI=1S/C8H9NO5S2/c9-16(12,13)15(10,11)7-1-2-8-6(5-7)3-4-14-8/h1-2,5H,3-4H2,(H2,9,12,13). The van der Waals surface area contributed by atoms with E-state index in [1.807, 2.05) is 0 Å². The molecule has 0 aliphatic carbocycles. The second-order valence-corrected chi connectivity index (χ2v) is 8.39. The lowest BCUT2D eigenvalue weighted by molar-refractivity contribution is 0.356. The van der Waals surface area contributed by atoms with Crippen molar-refractivity contribution in [2.75, 3.05) is 6.61 Å². The average molecular weight is 263 g/mol. The molecule has 1 aliphatic rings. The van der Waals surface area contributed by atoms with E-state index in [1.165, 1.54) is 18.2 Å². The molecular weight excluding hydrogens is 254 g/mol. The Labute approximate surface area is 92.4 Å². The van der Waals surface area contributed by atoms with Crippen molar-refractivity contribution < 1.29 is 21.6 Å². The molecule has 0 radical (unpaired) electrons. The number of rotatable bonds is 2. The minimum absolute atomic E-state index is 0.320. The van der Waals surface area contributed by atoms with E-state index in [2.05, 4.69) is 5.14 Å². The summed E-state index contributed by atoms with van der Waals surface area (Å²) in [5.74, 6) is 0.577. The molecule has 0 bridgehead atoms. The van der Waals surface area contributed by atoms with Crippen LogP contribution in [0.15, 0.2) is 23.1 Å². The molecule has 2 N–H and O–H groups in total. The van der Waals surface area contributed by atoms with E-state index in [0.29, 0.717) is 24.3 Å². The summed E-state index contributed by atoms with van der Waals surface area (Å²) in [5, 5.41) is 4.64. The van der Waals surface area contributed by atoms with Crippen LogP contribution in [0.4, 0.5) is 0 Å². The van der Waals surface area contributed by atoms with Crippen LogP contribution in [0, 0.1) is 0 Å². The van der Waals surface area contributed by atoms with Crippen LogP contribution in [0.2, 0.25) is 0 Å². The molecular formula is C8H9NO5S2. The van der Waals surface area contributed by atoms with Crippen molar-refractivity contribution in [3.63, 3.8) is 0 Å². The first-order valence-corrected chi connectivity index (χ1v) is 7.90. The van der Waals surface area contributed by atoms with Crippen molar-refractivity contribution >= 4 is 17.9 Å². The summed E-state index contributed by atoms with van der Waals surface area (Å²) in [6.45, 7) is 0.466. The predicted molar refractivity (Wildman–Crippen MR) is 55.9 cm³/mol. The molecule has 6 nitrogen and oxygen atoms in total. The molecule has 1 heterocycles. The highest BCUT2D eigenvalue weighted by atomic mass is 33.2. The van der Waals surface area contributed by atoms with Crippen LogP contribution in [0.5, 0.6) is 5.75 Å². The lowest BCUT2D eigenvalue weighted by Gasteiger charge is -2.03. The number of benzene rings is 1. The molecule has 1 aromatic carbocycles. The summed E-state index contributed by atoms with van der Waals surface area (Å²) in [5.41, 5.74) is 0.671. The van der Waals surface area contributed by atoms with Gasteiger partial charge in [0.25, 0.3) is 8.87 Å². The lowest BCUT2D eigenvalue weighted by Crippen LogP contribution is -2.23. The van der Waals surface area contributed by atoms with Gasteiger partial charge in [-0.2, -0.15) is 8.42 Å². The molecule has 0 unspecified atom stereocenters. The van der Waals surface area contributed by atoms with E-state index in [0.717, 1.165) is 0 Å². The Morgan fingerprint density at radius 3 is 2.50 bits per heavy atom. The highest BCUT2D eigenvalue weighted by Gasteiger charge is 2.29. The number of nitrogens with two attached hydrogens (primary N) is 1. The number of fused-ring (bicyclic) bond motifs is 1. The van der Waals surface area contributed by atoms with Gasteiger partial charge < -0.3 is 4.74 Å². The minimum Gasteiger partial charge on any atom is -0.493 e. The molecule has 1 aromatic rings. The molecule has 2 rings (SSSR count). The van der Waals surface area contributed by atoms with Crippen LogP contribution >= 0.6 is 0 Å². The topological polar surface area (TPSA) is 104 Å². The maximum absolute atomic E-state index is 11.5. The van der Waals surface area contributed by atoms with E-state index in [-0.39, 0.29) is 4.90 Å². The molecule has 0 spiro atoms. The summed E-state index contributed by atoms with van der Waals surface area (Å²) in [4.78, 5) is -0.320. The van der Waals surface area contributed by atoms with Gasteiger partial charge in [-0.15, -0.1) is 0 Å². The maximum Gasteiger partial charge on any atom is 0.319 e. The molecule has 0 aromatic heterocycles. The third-order valence-electron chi connectivity index (χ3n) is 2.26. The number of ether oxygens (including phenoxy) is 1. The molecule has 0 fully saturated rings. The highest BCUT2D eigenvalue weighted by molar-refractivity contribution is 8.66. The Kier molecular flexibility index (Phi) is 2.44. The molecule has 0 atom stereocenters. The van der Waals surface area contributed by atoms with Crippen LogP contribution in [0.1, 0.15) is 5.56 Å². The van der Waals surface area contributed by atoms with Crippen molar-refractivity contribution in [2.24, 2.45) is 5.14 Å². The lowest BCUT2D eigenvalue weighted by atomic mass is 10.2. The fraction of sp³-hybridized carbons (Fsp3) is 0.250. The largest absolute Gasteiger partial charge is 0.493 e. The van der Waals surface area contributed by atoms with Gasteiger partial charge in [0.05, 0.1) is 11.5 Å². The van der Waals surface area contributed by atoms with E-state index >= 15 is 0 Å². The van der Waals surface area contributed by atoms with Crippen LogP contribution in [0.3, 0.4) is 0 Å². The molecule has 8 heteroatoms. The zero-order valence-electron chi connectivity index (χ0n) is 8.08. The van der Waals surface area contributed by atoms with Crippen molar-refractivity contribution in [3.8, 4) is 5.75 Å². The molecule has 0 saturated heterocycles. The van der Waals surface area contributed by atoms with Gasteiger partial charge in [-0.25, -0.2) is 13.6 Å². The van der Waals surface area contributed by atoms with Gasteiger partial charge >= 0.3 is 9.06 Å². The van der Waals surface area contributed by atoms with Gasteiger partial charge in [0.2, 0.25) is 0 Å². The van der Waals surface area contributed by atoms with Gasteiger partial charge in [0.15, 0.2) is 0 Å². The Morgan fingerprint density at radius 2 is 1.88 bits per heavy atom. The van der Waals surface area contributed by atoms with Crippen LogP contribution in [-0.4, -0.2) is 23.4 Å². The van der Waals surface area contributed by atoms with Gasteiger partial charge in [-0.1, -0.05) is 0 Å². The van der Waals surface area contributed by atoms with Crippen molar-refractivity contribution in [2.45, 2.75) is 11.3 Å². The van der Waals surface area contributed by atoms with Crippen molar-refractivity contribution in [1.29, 1.82) is 0 Å². The second kappa shape index (κ2) is 3.44. The summed E-state index contributed by atoms with van der Waals surface area (Å²) in [6, 6.07) is 3.88. The molecule has 16 heavy (non-hydrogen) atoms. The van der Waals surface area contributed by atoms with Gasteiger partial charge in [0, 0.05) is 6.42 Å². The zero-order chi connectivity index (χ0) is 12.0. The molecule has 0 saturated carbocycles. The minimum atomic E-state index is -4.64. The maximum atomic E-state index is 11.5. The fourth-order valence-electron chi connectivity index (χ4n) is 1.45. The number of hydrogen-bond donors (Lipinski definition) is 1. The van der Waals surface area contributed by atoms with Crippen LogP contribution in [0.25, 0.3) is 0 Å². The first-order chi connectivity index (χ1) is 7.32. The number of hydrogen-bond acceptors (Lipinski definition) is 5. The molecule has 88 valence electrons. The quantitative estimate of drug-likeness (QED) is 0.731. The van der Waals surface area contributed by atoms with E-state index < -0.39 is 17.9 Å². The van der Waals surface area contributed by atoms with Crippen molar-refractivity contribution in [3.05, 3.63) is 23.8 Å². The molecule has 0 amide bonds. The average Bonchev–Trinajstić information content (AvgIpc) is 2.61. The molecule has 1 aliphatic heterocycles.